The number of fused-ring (bicyclic) bond motifs is 1. The van der Waals surface area contributed by atoms with Crippen molar-refractivity contribution in [3.8, 4) is 0 Å². The number of benzene rings is 1. The van der Waals surface area contributed by atoms with E-state index in [1.807, 2.05) is 11.3 Å². The summed E-state index contributed by atoms with van der Waals surface area (Å²) in [6.07, 6.45) is 3.49. The first-order valence-electron chi connectivity index (χ1n) is 7.28. The van der Waals surface area contributed by atoms with Crippen LogP contribution in [0.4, 0.5) is 0 Å². The Labute approximate surface area is 120 Å². The van der Waals surface area contributed by atoms with E-state index in [1.54, 1.807) is 0 Å². The molecule has 0 saturated carbocycles. The van der Waals surface area contributed by atoms with Gasteiger partial charge in [0.2, 0.25) is 0 Å². The van der Waals surface area contributed by atoms with Gasteiger partial charge in [0.1, 0.15) is 0 Å². The zero-order valence-electron chi connectivity index (χ0n) is 12.2. The summed E-state index contributed by atoms with van der Waals surface area (Å²) in [6.45, 7) is 8.91. The fourth-order valence-corrected chi connectivity index (χ4v) is 3.66. The Morgan fingerprint density at radius 1 is 1.16 bits per heavy atom. The van der Waals surface area contributed by atoms with Crippen LogP contribution in [0.1, 0.15) is 38.6 Å². The molecule has 1 aromatic heterocycles. The predicted octanol–water partition coefficient (Wildman–Crippen LogP) is 4.25. The van der Waals surface area contributed by atoms with Crippen molar-refractivity contribution in [3.05, 3.63) is 29.3 Å². The highest BCUT2D eigenvalue weighted by atomic mass is 32.1. The number of rotatable bonds is 7. The predicted molar refractivity (Wildman–Crippen MR) is 84.9 cm³/mol. The Morgan fingerprint density at radius 3 is 2.53 bits per heavy atom. The number of thiazole rings is 1. The topological polar surface area (TPSA) is 24.9 Å². The lowest BCUT2D eigenvalue weighted by atomic mass is 9.79. The molecule has 3 heteroatoms. The van der Waals surface area contributed by atoms with E-state index in [4.69, 9.17) is 4.98 Å². The van der Waals surface area contributed by atoms with Crippen LogP contribution in [-0.2, 0) is 6.42 Å². The maximum Gasteiger partial charge on any atom is 0.0944 e. The largest absolute Gasteiger partial charge is 0.316 e. The minimum Gasteiger partial charge on any atom is -0.316 e. The second-order valence-corrected chi connectivity index (χ2v) is 6.35. The Bertz CT molecular complexity index is 481. The van der Waals surface area contributed by atoms with Crippen LogP contribution >= 0.6 is 11.3 Å². The molecule has 0 fully saturated rings. The molecule has 104 valence electrons. The highest BCUT2D eigenvalue weighted by Gasteiger charge is 2.27. The quantitative estimate of drug-likeness (QED) is 0.817. The Morgan fingerprint density at radius 2 is 1.89 bits per heavy atom. The molecule has 0 aliphatic rings. The smallest absolute Gasteiger partial charge is 0.0944 e. The summed E-state index contributed by atoms with van der Waals surface area (Å²) < 4.78 is 1.31. The molecule has 0 bridgehead atoms. The summed E-state index contributed by atoms with van der Waals surface area (Å²) in [5, 5.41) is 4.80. The molecule has 0 atom stereocenters. The van der Waals surface area contributed by atoms with E-state index in [0.29, 0.717) is 5.41 Å². The molecule has 1 N–H and O–H groups in total. The second-order valence-electron chi connectivity index (χ2n) is 5.24. The summed E-state index contributed by atoms with van der Waals surface area (Å²) in [4.78, 5) is 4.79. The minimum atomic E-state index is 0.351. The number of hydrogen-bond acceptors (Lipinski definition) is 3. The minimum absolute atomic E-state index is 0.351. The van der Waals surface area contributed by atoms with Crippen molar-refractivity contribution in [3.63, 3.8) is 0 Å². The third-order valence-corrected chi connectivity index (χ3v) is 5.15. The summed E-state index contributed by atoms with van der Waals surface area (Å²) in [5.41, 5.74) is 1.50. The van der Waals surface area contributed by atoms with Gasteiger partial charge in [-0.2, -0.15) is 0 Å². The molecular formula is C16H24N2S. The highest BCUT2D eigenvalue weighted by molar-refractivity contribution is 7.18. The summed E-state index contributed by atoms with van der Waals surface area (Å²) >= 11 is 1.85. The Balaban J connectivity index is 2.20. The zero-order valence-corrected chi connectivity index (χ0v) is 13.0. The van der Waals surface area contributed by atoms with E-state index >= 15 is 0 Å². The third-order valence-electron chi connectivity index (χ3n) is 4.11. The van der Waals surface area contributed by atoms with Gasteiger partial charge in [0.15, 0.2) is 0 Å². The van der Waals surface area contributed by atoms with Gasteiger partial charge in [-0.25, -0.2) is 4.98 Å². The molecule has 2 nitrogen and oxygen atoms in total. The van der Waals surface area contributed by atoms with Gasteiger partial charge in [-0.05, 0) is 36.9 Å². The molecule has 0 saturated heterocycles. The van der Waals surface area contributed by atoms with Crippen molar-refractivity contribution in [2.75, 3.05) is 13.1 Å². The van der Waals surface area contributed by atoms with E-state index in [-0.39, 0.29) is 0 Å². The highest BCUT2D eigenvalue weighted by Crippen LogP contribution is 2.33. The van der Waals surface area contributed by atoms with Gasteiger partial charge in [-0.1, -0.05) is 32.9 Å². The van der Waals surface area contributed by atoms with Gasteiger partial charge in [0, 0.05) is 13.0 Å². The van der Waals surface area contributed by atoms with Gasteiger partial charge in [-0.15, -0.1) is 11.3 Å². The van der Waals surface area contributed by atoms with Crippen LogP contribution in [-0.4, -0.2) is 18.1 Å². The monoisotopic (exact) mass is 276 g/mol. The fourth-order valence-electron chi connectivity index (χ4n) is 2.52. The van der Waals surface area contributed by atoms with Crippen molar-refractivity contribution < 1.29 is 0 Å². The SMILES string of the molecule is CCNCC(CC)(CC)Cc1nc2ccccc2s1. The lowest BCUT2D eigenvalue weighted by Crippen LogP contribution is -2.35. The van der Waals surface area contributed by atoms with Crippen LogP contribution in [0.2, 0.25) is 0 Å². The Hall–Kier alpha value is -0.930. The summed E-state index contributed by atoms with van der Waals surface area (Å²) in [7, 11) is 0. The first-order chi connectivity index (χ1) is 9.23. The number of nitrogens with one attached hydrogen (secondary N) is 1. The van der Waals surface area contributed by atoms with Crippen molar-refractivity contribution in [2.45, 2.75) is 40.0 Å². The molecule has 19 heavy (non-hydrogen) atoms. The number of hydrogen-bond donors (Lipinski definition) is 1. The maximum absolute atomic E-state index is 4.79. The molecule has 0 aliphatic heterocycles. The molecule has 1 heterocycles. The number of para-hydroxylation sites is 1. The van der Waals surface area contributed by atoms with Gasteiger partial charge in [0.05, 0.1) is 15.2 Å². The number of aromatic nitrogens is 1. The zero-order chi connectivity index (χ0) is 13.7. The summed E-state index contributed by atoms with van der Waals surface area (Å²) in [6, 6.07) is 8.44. The Kier molecular flexibility index (Phi) is 4.94. The molecule has 2 aromatic rings. The first-order valence-corrected chi connectivity index (χ1v) is 8.10. The second kappa shape index (κ2) is 6.49. The van der Waals surface area contributed by atoms with E-state index in [0.717, 1.165) is 25.0 Å². The van der Waals surface area contributed by atoms with E-state index < -0.39 is 0 Å². The summed E-state index contributed by atoms with van der Waals surface area (Å²) in [5.74, 6) is 0. The molecule has 0 radical (unpaired) electrons. The van der Waals surface area contributed by atoms with Crippen molar-refractivity contribution in [1.29, 1.82) is 0 Å². The molecular weight excluding hydrogens is 252 g/mol. The van der Waals surface area contributed by atoms with Crippen LogP contribution in [0.5, 0.6) is 0 Å². The molecule has 0 unspecified atom stereocenters. The van der Waals surface area contributed by atoms with Crippen molar-refractivity contribution in [2.24, 2.45) is 5.41 Å². The van der Waals surface area contributed by atoms with Crippen LogP contribution in [0.15, 0.2) is 24.3 Å². The first kappa shape index (κ1) is 14.5. The van der Waals surface area contributed by atoms with E-state index in [1.165, 1.54) is 22.5 Å². The van der Waals surface area contributed by atoms with Crippen molar-refractivity contribution >= 4 is 21.6 Å². The lowest BCUT2D eigenvalue weighted by Gasteiger charge is -2.31. The molecule has 2 rings (SSSR count). The van der Waals surface area contributed by atoms with Crippen LogP contribution in [0.25, 0.3) is 10.2 Å². The van der Waals surface area contributed by atoms with E-state index in [2.05, 4.69) is 50.4 Å². The molecule has 1 aromatic carbocycles. The average Bonchev–Trinajstić information content (AvgIpc) is 2.85. The van der Waals surface area contributed by atoms with Crippen LogP contribution < -0.4 is 5.32 Å². The normalized spacial score (nSPS) is 12.2. The lowest BCUT2D eigenvalue weighted by molar-refractivity contribution is 0.248. The number of nitrogens with zero attached hydrogens (tertiary/aromatic N) is 1. The standard InChI is InChI=1S/C16H24N2S/c1-4-16(5-2,12-17-6-3)11-15-18-13-9-7-8-10-14(13)19-15/h7-10,17H,4-6,11-12H2,1-3H3. The molecule has 0 aliphatic carbocycles. The van der Waals surface area contributed by atoms with E-state index in [9.17, 15) is 0 Å². The van der Waals surface area contributed by atoms with Crippen LogP contribution in [0, 0.1) is 5.41 Å². The van der Waals surface area contributed by atoms with Crippen LogP contribution in [0.3, 0.4) is 0 Å². The maximum atomic E-state index is 4.79. The average molecular weight is 276 g/mol. The van der Waals surface area contributed by atoms with Gasteiger partial charge in [0.25, 0.3) is 0 Å². The van der Waals surface area contributed by atoms with Gasteiger partial charge in [-0.3, -0.25) is 0 Å². The van der Waals surface area contributed by atoms with Gasteiger partial charge >= 0.3 is 0 Å². The third kappa shape index (κ3) is 3.34. The van der Waals surface area contributed by atoms with Crippen molar-refractivity contribution in [1.82, 2.24) is 10.3 Å². The fraction of sp³-hybridized carbons (Fsp3) is 0.562. The van der Waals surface area contributed by atoms with Gasteiger partial charge < -0.3 is 5.32 Å². The molecule has 0 amide bonds. The molecule has 0 spiro atoms.